The van der Waals surface area contributed by atoms with Crippen LogP contribution >= 0.6 is 0 Å². The van der Waals surface area contributed by atoms with Crippen molar-refractivity contribution in [3.63, 3.8) is 0 Å². The van der Waals surface area contributed by atoms with Crippen molar-refractivity contribution < 1.29 is 19.0 Å². The van der Waals surface area contributed by atoms with E-state index in [0.29, 0.717) is 18.6 Å². The Morgan fingerprint density at radius 2 is 2.12 bits per heavy atom. The molecule has 218 valence electrons. The van der Waals surface area contributed by atoms with Crippen molar-refractivity contribution >= 4 is 22.8 Å². The Hall–Kier alpha value is -3.21. The van der Waals surface area contributed by atoms with E-state index in [9.17, 15) is 9.90 Å². The minimum absolute atomic E-state index is 0.190. The summed E-state index contributed by atoms with van der Waals surface area (Å²) in [5, 5.41) is 17.5. The number of anilines is 1. The number of nitrogens with zero attached hydrogens (tertiary/aromatic N) is 4. The average Bonchev–Trinajstić information content (AvgIpc) is 3.29. The lowest BCUT2D eigenvalue weighted by molar-refractivity contribution is -0.130. The smallest absolute Gasteiger partial charge is 0.227 e. The van der Waals surface area contributed by atoms with Crippen molar-refractivity contribution in [2.75, 3.05) is 38.2 Å². The van der Waals surface area contributed by atoms with Crippen molar-refractivity contribution in [1.29, 1.82) is 0 Å². The molecule has 1 aromatic carbocycles. The molecule has 2 aromatic heterocycles. The molecule has 5 heterocycles. The number of ether oxygens (including phenoxy) is 1. The third-order valence-corrected chi connectivity index (χ3v) is 9.06. The first-order valence-corrected chi connectivity index (χ1v) is 14.7. The Morgan fingerprint density at radius 1 is 1.27 bits per heavy atom. The van der Waals surface area contributed by atoms with Gasteiger partial charge in [-0.25, -0.2) is 14.4 Å². The summed E-state index contributed by atoms with van der Waals surface area (Å²) in [5.74, 6) is 0.169. The van der Waals surface area contributed by atoms with E-state index in [-0.39, 0.29) is 41.5 Å². The Morgan fingerprint density at radius 3 is 2.88 bits per heavy atom. The number of rotatable bonds is 6. The maximum absolute atomic E-state index is 15.2. The lowest BCUT2D eigenvalue weighted by atomic mass is 9.78. The predicted molar refractivity (Wildman–Crippen MR) is 155 cm³/mol. The third-order valence-electron chi connectivity index (χ3n) is 9.06. The van der Waals surface area contributed by atoms with Gasteiger partial charge in [-0.05, 0) is 67.8 Å². The fourth-order valence-corrected chi connectivity index (χ4v) is 6.96. The molecule has 41 heavy (non-hydrogen) atoms. The Balaban J connectivity index is 1.36. The normalized spacial score (nSPS) is 25.3. The number of benzene rings is 1. The standard InChI is InChI=1S/C31H39FN6O3/c1-18(2)26-20(15-38-11-4-8-31(17-38)9-10-33-29(31)40)13-34-24-6-5-21(19(3)27(24)26)28-22(32)14-35-30(37-28)36-23-7-12-41-16-25(23)39/h5-6,13-14,18,23,25,39H,4,7-12,15-17H2,1-3H3,(H,33,40)(H,35,36,37)/t23-,25-,31-/m1/s1. The number of carbonyl (C=O) groups is 1. The van der Waals surface area contributed by atoms with Crippen molar-refractivity contribution in [1.82, 2.24) is 25.2 Å². The lowest BCUT2D eigenvalue weighted by Crippen LogP contribution is -2.46. The molecule has 3 atom stereocenters. The number of fused-ring (bicyclic) bond motifs is 1. The Labute approximate surface area is 239 Å². The average molecular weight is 563 g/mol. The van der Waals surface area contributed by atoms with Crippen LogP contribution in [-0.4, -0.2) is 75.9 Å². The number of hydrogen-bond acceptors (Lipinski definition) is 8. The molecule has 3 aromatic rings. The van der Waals surface area contributed by atoms with Crippen LogP contribution in [0.25, 0.3) is 22.2 Å². The molecule has 10 heteroatoms. The molecule has 0 bridgehead atoms. The zero-order chi connectivity index (χ0) is 28.7. The summed E-state index contributed by atoms with van der Waals surface area (Å²) in [6.07, 6.45) is 5.93. The lowest BCUT2D eigenvalue weighted by Gasteiger charge is -2.38. The zero-order valence-electron chi connectivity index (χ0n) is 24.0. The van der Waals surface area contributed by atoms with Gasteiger partial charge in [0.25, 0.3) is 0 Å². The number of amides is 1. The van der Waals surface area contributed by atoms with Crippen molar-refractivity contribution in [2.24, 2.45) is 5.41 Å². The first-order chi connectivity index (χ1) is 19.8. The van der Waals surface area contributed by atoms with Crippen LogP contribution < -0.4 is 10.6 Å². The molecule has 0 aliphatic carbocycles. The van der Waals surface area contributed by atoms with Crippen LogP contribution in [0.2, 0.25) is 0 Å². The molecule has 0 unspecified atom stereocenters. The van der Waals surface area contributed by atoms with Crippen molar-refractivity contribution in [3.05, 3.63) is 47.0 Å². The number of aryl methyl sites for hydroxylation is 1. The van der Waals surface area contributed by atoms with Gasteiger partial charge in [0.05, 0.1) is 35.9 Å². The van der Waals surface area contributed by atoms with Gasteiger partial charge in [-0.2, -0.15) is 0 Å². The summed E-state index contributed by atoms with van der Waals surface area (Å²) >= 11 is 0. The summed E-state index contributed by atoms with van der Waals surface area (Å²) in [6, 6.07) is 3.55. The van der Waals surface area contributed by atoms with Gasteiger partial charge in [-0.15, -0.1) is 0 Å². The summed E-state index contributed by atoms with van der Waals surface area (Å²) in [7, 11) is 0. The van der Waals surface area contributed by atoms with E-state index in [2.05, 4.69) is 39.3 Å². The highest BCUT2D eigenvalue weighted by Gasteiger charge is 2.45. The monoisotopic (exact) mass is 562 g/mol. The van der Waals surface area contributed by atoms with Crippen LogP contribution in [0, 0.1) is 18.2 Å². The summed E-state index contributed by atoms with van der Waals surface area (Å²) in [4.78, 5) is 28.6. The second kappa shape index (κ2) is 11.2. The summed E-state index contributed by atoms with van der Waals surface area (Å²) in [5.41, 5.74) is 4.75. The van der Waals surface area contributed by atoms with Crippen LogP contribution in [0.1, 0.15) is 62.1 Å². The molecule has 3 aliphatic rings. The van der Waals surface area contributed by atoms with Gasteiger partial charge in [-0.3, -0.25) is 14.7 Å². The second-order valence-corrected chi connectivity index (χ2v) is 12.2. The van der Waals surface area contributed by atoms with E-state index in [4.69, 9.17) is 9.72 Å². The third kappa shape index (κ3) is 5.29. The van der Waals surface area contributed by atoms with E-state index in [1.165, 1.54) is 11.8 Å². The van der Waals surface area contributed by atoms with Gasteiger partial charge in [-0.1, -0.05) is 19.9 Å². The van der Waals surface area contributed by atoms with Crippen LogP contribution in [0.4, 0.5) is 10.3 Å². The number of hydrogen-bond donors (Lipinski definition) is 3. The fraction of sp³-hybridized carbons (Fsp3) is 0.548. The number of likely N-dealkylation sites (tertiary alicyclic amines) is 1. The highest BCUT2D eigenvalue weighted by Crippen LogP contribution is 2.39. The van der Waals surface area contributed by atoms with Crippen LogP contribution in [0.3, 0.4) is 0 Å². The Bertz CT molecular complexity index is 1470. The molecule has 1 amide bonds. The van der Waals surface area contributed by atoms with Crippen LogP contribution in [-0.2, 0) is 16.1 Å². The number of halogens is 1. The topological polar surface area (TPSA) is 112 Å². The van der Waals surface area contributed by atoms with Gasteiger partial charge in [0, 0.05) is 43.4 Å². The predicted octanol–water partition coefficient (Wildman–Crippen LogP) is 3.93. The van der Waals surface area contributed by atoms with Gasteiger partial charge in [0.15, 0.2) is 5.82 Å². The molecule has 0 radical (unpaired) electrons. The van der Waals surface area contributed by atoms with E-state index >= 15 is 4.39 Å². The maximum atomic E-state index is 15.2. The minimum atomic E-state index is -0.681. The maximum Gasteiger partial charge on any atom is 0.227 e. The van der Waals surface area contributed by atoms with E-state index in [0.717, 1.165) is 67.5 Å². The highest BCUT2D eigenvalue weighted by molar-refractivity contribution is 5.92. The van der Waals surface area contributed by atoms with E-state index in [1.54, 1.807) is 0 Å². The van der Waals surface area contributed by atoms with Crippen molar-refractivity contribution in [2.45, 2.75) is 71.1 Å². The number of aliphatic hydroxyl groups is 1. The Kier molecular flexibility index (Phi) is 7.65. The molecule has 3 fully saturated rings. The number of aromatic nitrogens is 3. The summed E-state index contributed by atoms with van der Waals surface area (Å²) in [6.45, 7) is 10.3. The number of pyridine rings is 1. The van der Waals surface area contributed by atoms with E-state index in [1.807, 2.05) is 25.3 Å². The largest absolute Gasteiger partial charge is 0.389 e. The minimum Gasteiger partial charge on any atom is -0.389 e. The summed E-state index contributed by atoms with van der Waals surface area (Å²) < 4.78 is 20.6. The molecular formula is C31H39FN6O3. The molecule has 0 saturated carbocycles. The number of piperidine rings is 1. The van der Waals surface area contributed by atoms with Crippen LogP contribution in [0.5, 0.6) is 0 Å². The van der Waals surface area contributed by atoms with Gasteiger partial charge < -0.3 is 20.5 Å². The molecule has 1 spiro atoms. The SMILES string of the molecule is Cc1c(-c2nc(N[C@@H]3CCOC[C@H]3O)ncc2F)ccc2ncc(CN3CCC[C@@]4(CCNC4=O)C3)c(C(C)C)c12. The van der Waals surface area contributed by atoms with E-state index < -0.39 is 11.9 Å². The molecule has 6 rings (SSSR count). The van der Waals surface area contributed by atoms with Crippen molar-refractivity contribution in [3.8, 4) is 11.3 Å². The fourth-order valence-electron chi connectivity index (χ4n) is 6.96. The number of carbonyl (C=O) groups excluding carboxylic acids is 1. The number of aliphatic hydroxyl groups excluding tert-OH is 1. The highest BCUT2D eigenvalue weighted by atomic mass is 19.1. The van der Waals surface area contributed by atoms with Gasteiger partial charge >= 0.3 is 0 Å². The second-order valence-electron chi connectivity index (χ2n) is 12.2. The molecular weight excluding hydrogens is 523 g/mol. The molecule has 9 nitrogen and oxygen atoms in total. The molecule has 3 saturated heterocycles. The molecule has 3 N–H and O–H groups in total. The molecule has 3 aliphatic heterocycles. The van der Waals surface area contributed by atoms with Gasteiger partial charge in [0.2, 0.25) is 11.9 Å². The number of nitrogens with one attached hydrogen (secondary N) is 2. The van der Waals surface area contributed by atoms with Crippen LogP contribution in [0.15, 0.2) is 24.5 Å². The first kappa shape index (κ1) is 27.9. The first-order valence-electron chi connectivity index (χ1n) is 14.7. The zero-order valence-corrected chi connectivity index (χ0v) is 24.0. The van der Waals surface area contributed by atoms with Gasteiger partial charge in [0.1, 0.15) is 5.69 Å². The quantitative estimate of drug-likeness (QED) is 0.415.